The molecule has 5 heteroatoms. The zero-order chi connectivity index (χ0) is 21.4. The summed E-state index contributed by atoms with van der Waals surface area (Å²) in [5, 5.41) is 5.97. The van der Waals surface area contributed by atoms with Gasteiger partial charge in [0.2, 0.25) is 0 Å². The van der Waals surface area contributed by atoms with Crippen molar-refractivity contribution < 1.29 is 4.84 Å². The summed E-state index contributed by atoms with van der Waals surface area (Å²) in [5.74, 6) is 1.42. The molecule has 0 saturated heterocycles. The fraction of sp³-hybridized carbons (Fsp3) is 0.500. The van der Waals surface area contributed by atoms with Crippen molar-refractivity contribution in [2.45, 2.75) is 77.0 Å². The summed E-state index contributed by atoms with van der Waals surface area (Å²) in [4.78, 5) is 21.1. The minimum Gasteiger partial charge on any atom is -0.405 e. The molecule has 5 nitrogen and oxygen atoms in total. The second kappa shape index (κ2) is 8.64. The van der Waals surface area contributed by atoms with Crippen molar-refractivity contribution in [2.75, 3.05) is 0 Å². The van der Waals surface area contributed by atoms with Crippen LogP contribution < -0.4 is 15.7 Å². The SMILES string of the molecule is CC/C(=C\c1ccccc1)[C@@H]1C[C@H]1N[C@H]1CC[C@H](N2Cc3c(cc(C)[nH]c3=O)O2)CC1. The van der Waals surface area contributed by atoms with Crippen LogP contribution in [0, 0.1) is 12.8 Å². The summed E-state index contributed by atoms with van der Waals surface area (Å²) in [5.41, 5.74) is 4.49. The molecule has 2 aromatic rings. The summed E-state index contributed by atoms with van der Waals surface area (Å²) < 4.78 is 0. The lowest BCUT2D eigenvalue weighted by Gasteiger charge is -2.33. The molecule has 2 atom stereocenters. The number of nitrogens with one attached hydrogen (secondary N) is 2. The van der Waals surface area contributed by atoms with Crippen molar-refractivity contribution in [1.82, 2.24) is 15.4 Å². The molecule has 0 radical (unpaired) electrons. The molecular formula is C26H33N3O2. The van der Waals surface area contributed by atoms with Gasteiger partial charge in [-0.25, -0.2) is 0 Å². The van der Waals surface area contributed by atoms with Crippen molar-refractivity contribution in [3.8, 4) is 5.75 Å². The highest BCUT2D eigenvalue weighted by molar-refractivity contribution is 5.54. The van der Waals surface area contributed by atoms with Gasteiger partial charge in [-0.2, -0.15) is 0 Å². The van der Waals surface area contributed by atoms with E-state index in [0.717, 1.165) is 36.3 Å². The van der Waals surface area contributed by atoms with E-state index in [-0.39, 0.29) is 5.56 Å². The molecule has 5 rings (SSSR count). The Kier molecular flexibility index (Phi) is 5.72. The smallest absolute Gasteiger partial charge is 0.256 e. The van der Waals surface area contributed by atoms with Crippen LogP contribution in [0.25, 0.3) is 6.08 Å². The second-order valence-corrected chi connectivity index (χ2v) is 9.40. The molecule has 2 heterocycles. The molecule has 2 fully saturated rings. The van der Waals surface area contributed by atoms with Crippen LogP contribution in [0.3, 0.4) is 0 Å². The van der Waals surface area contributed by atoms with Gasteiger partial charge in [-0.3, -0.25) is 4.79 Å². The Labute approximate surface area is 184 Å². The Morgan fingerprint density at radius 3 is 2.74 bits per heavy atom. The van der Waals surface area contributed by atoms with E-state index in [1.54, 1.807) is 5.57 Å². The van der Waals surface area contributed by atoms with E-state index >= 15 is 0 Å². The highest BCUT2D eigenvalue weighted by atomic mass is 16.7. The first-order chi connectivity index (χ1) is 15.1. The van der Waals surface area contributed by atoms with E-state index in [2.05, 4.69) is 53.6 Å². The molecule has 0 spiro atoms. The number of aromatic nitrogens is 1. The number of nitrogens with zero attached hydrogens (tertiary/aromatic N) is 1. The van der Waals surface area contributed by atoms with Gasteiger partial charge in [0.05, 0.1) is 12.1 Å². The highest BCUT2D eigenvalue weighted by Crippen LogP contribution is 2.41. The summed E-state index contributed by atoms with van der Waals surface area (Å²) in [7, 11) is 0. The third kappa shape index (κ3) is 4.48. The number of aryl methyl sites for hydroxylation is 1. The lowest BCUT2D eigenvalue weighted by atomic mass is 9.90. The van der Waals surface area contributed by atoms with Gasteiger partial charge in [-0.15, -0.1) is 5.06 Å². The van der Waals surface area contributed by atoms with Gasteiger partial charge in [0, 0.05) is 29.9 Å². The topological polar surface area (TPSA) is 57.4 Å². The van der Waals surface area contributed by atoms with Crippen LogP contribution in [0.15, 0.2) is 46.8 Å². The third-order valence-electron chi connectivity index (χ3n) is 7.14. The number of hydrogen-bond acceptors (Lipinski definition) is 4. The van der Waals surface area contributed by atoms with Gasteiger partial charge in [-0.05, 0) is 56.9 Å². The average molecular weight is 420 g/mol. The number of fused-ring (bicyclic) bond motifs is 1. The predicted octanol–water partition coefficient (Wildman–Crippen LogP) is 4.58. The molecule has 2 aliphatic carbocycles. The predicted molar refractivity (Wildman–Crippen MR) is 124 cm³/mol. The number of pyridine rings is 1. The summed E-state index contributed by atoms with van der Waals surface area (Å²) in [6.45, 7) is 4.77. The van der Waals surface area contributed by atoms with Crippen molar-refractivity contribution in [2.24, 2.45) is 5.92 Å². The lowest BCUT2D eigenvalue weighted by molar-refractivity contribution is -0.0937. The van der Waals surface area contributed by atoms with E-state index in [9.17, 15) is 4.79 Å². The van der Waals surface area contributed by atoms with Gasteiger partial charge >= 0.3 is 0 Å². The van der Waals surface area contributed by atoms with Crippen molar-refractivity contribution in [3.63, 3.8) is 0 Å². The van der Waals surface area contributed by atoms with Crippen LogP contribution in [0.5, 0.6) is 5.75 Å². The Hall–Kier alpha value is -2.37. The molecule has 1 aromatic carbocycles. The lowest BCUT2D eigenvalue weighted by Crippen LogP contribution is -2.42. The Bertz CT molecular complexity index is 1010. The van der Waals surface area contributed by atoms with Crippen LogP contribution in [-0.2, 0) is 6.54 Å². The minimum absolute atomic E-state index is 0.0112. The van der Waals surface area contributed by atoms with E-state index in [0.29, 0.717) is 30.6 Å². The average Bonchev–Trinajstić information content (AvgIpc) is 3.39. The van der Waals surface area contributed by atoms with Gasteiger partial charge in [0.1, 0.15) is 0 Å². The minimum atomic E-state index is -0.0112. The van der Waals surface area contributed by atoms with Crippen LogP contribution in [0.4, 0.5) is 0 Å². The Balaban J connectivity index is 1.12. The zero-order valence-corrected chi connectivity index (χ0v) is 18.6. The number of rotatable bonds is 6. The van der Waals surface area contributed by atoms with Crippen LogP contribution in [0.1, 0.15) is 62.3 Å². The molecule has 2 N–H and O–H groups in total. The highest BCUT2D eigenvalue weighted by Gasteiger charge is 2.41. The third-order valence-corrected chi connectivity index (χ3v) is 7.14. The summed E-state index contributed by atoms with van der Waals surface area (Å²) in [6, 6.07) is 14.2. The van der Waals surface area contributed by atoms with Crippen molar-refractivity contribution in [1.29, 1.82) is 0 Å². The second-order valence-electron chi connectivity index (χ2n) is 9.40. The standard InChI is InChI=1S/C26H33N3O2/c1-3-19(14-18-7-5-4-6-8-18)22-15-24(22)28-20-9-11-21(12-10-20)29-16-23-25(31-29)13-17(2)27-26(23)30/h4-8,13-14,20-22,24,28H,3,9-12,15-16H2,1-2H3,(H,27,30)/b19-14+/t20-,21-,22-,24+/m0/s1. The first kappa shape index (κ1) is 20.5. The molecule has 1 aliphatic heterocycles. The van der Waals surface area contributed by atoms with Crippen molar-refractivity contribution in [3.05, 3.63) is 69.1 Å². The zero-order valence-electron chi connectivity index (χ0n) is 18.6. The fourth-order valence-corrected chi connectivity index (χ4v) is 5.29. The van der Waals surface area contributed by atoms with Gasteiger partial charge < -0.3 is 15.1 Å². The molecule has 2 saturated carbocycles. The molecule has 0 bridgehead atoms. The van der Waals surface area contributed by atoms with Gasteiger partial charge in [0.25, 0.3) is 5.56 Å². The quantitative estimate of drug-likeness (QED) is 0.720. The first-order valence-electron chi connectivity index (χ1n) is 11.8. The normalized spacial score (nSPS) is 28.3. The molecule has 31 heavy (non-hydrogen) atoms. The van der Waals surface area contributed by atoms with Crippen LogP contribution >= 0.6 is 0 Å². The monoisotopic (exact) mass is 419 g/mol. The largest absolute Gasteiger partial charge is 0.405 e. The van der Waals surface area contributed by atoms with Gasteiger partial charge in [0.15, 0.2) is 5.75 Å². The molecule has 164 valence electrons. The molecule has 0 unspecified atom stereocenters. The number of hydrogen-bond donors (Lipinski definition) is 2. The molecule has 3 aliphatic rings. The molecular weight excluding hydrogens is 386 g/mol. The number of benzene rings is 1. The van der Waals surface area contributed by atoms with E-state index < -0.39 is 0 Å². The van der Waals surface area contributed by atoms with Crippen molar-refractivity contribution >= 4 is 6.08 Å². The summed E-state index contributed by atoms with van der Waals surface area (Å²) in [6.07, 6.45) is 9.33. The Morgan fingerprint density at radius 1 is 1.23 bits per heavy atom. The van der Waals surface area contributed by atoms with Crippen LogP contribution in [0.2, 0.25) is 0 Å². The number of aromatic amines is 1. The maximum Gasteiger partial charge on any atom is 0.256 e. The summed E-state index contributed by atoms with van der Waals surface area (Å²) >= 11 is 0. The fourth-order valence-electron chi connectivity index (χ4n) is 5.29. The molecule has 1 aromatic heterocycles. The van der Waals surface area contributed by atoms with E-state index in [4.69, 9.17) is 4.84 Å². The Morgan fingerprint density at radius 2 is 2.00 bits per heavy atom. The first-order valence-corrected chi connectivity index (χ1v) is 11.8. The maximum atomic E-state index is 12.2. The van der Waals surface area contributed by atoms with Crippen LogP contribution in [-0.4, -0.2) is 28.2 Å². The molecule has 0 amide bonds. The van der Waals surface area contributed by atoms with E-state index in [1.807, 2.05) is 18.1 Å². The number of H-pyrrole nitrogens is 1. The number of hydroxylamine groups is 2. The van der Waals surface area contributed by atoms with Gasteiger partial charge in [-0.1, -0.05) is 48.9 Å². The maximum absolute atomic E-state index is 12.2. The van der Waals surface area contributed by atoms with E-state index in [1.165, 1.54) is 24.8 Å².